The number of nitrogens with zero attached hydrogens (tertiary/aromatic N) is 3. The van der Waals surface area contributed by atoms with E-state index in [9.17, 15) is 23.7 Å². The summed E-state index contributed by atoms with van der Waals surface area (Å²) >= 11 is 1.31. The van der Waals surface area contributed by atoms with E-state index in [1.165, 1.54) is 16.2 Å². The van der Waals surface area contributed by atoms with Crippen molar-refractivity contribution in [1.29, 1.82) is 0 Å². The summed E-state index contributed by atoms with van der Waals surface area (Å²) in [6.45, 7) is 7.91. The fourth-order valence-electron chi connectivity index (χ4n) is 4.40. The van der Waals surface area contributed by atoms with Gasteiger partial charge in [-0.3, -0.25) is 18.2 Å². The summed E-state index contributed by atoms with van der Waals surface area (Å²) in [4.78, 5) is 45.0. The van der Waals surface area contributed by atoms with E-state index in [0.29, 0.717) is 20.3 Å². The Hall–Kier alpha value is -2.57. The number of ether oxygens (including phenoxy) is 2. The Balaban J connectivity index is 1.71. The average molecular weight is 510 g/mol. The third kappa shape index (κ3) is 3.87. The quantitative estimate of drug-likeness (QED) is 0.355. The maximum Gasteiger partial charge on any atom is 0.358 e. The lowest BCUT2D eigenvalue weighted by atomic mass is 9.77. The number of thiazole rings is 1. The lowest BCUT2D eigenvalue weighted by molar-refractivity contribution is -0.175. The van der Waals surface area contributed by atoms with E-state index in [1.54, 1.807) is 50.9 Å². The molecule has 0 aliphatic carbocycles. The largest absolute Gasteiger partial charge is 0.427 e. The number of rotatable bonds is 6. The molecule has 2 aliphatic rings. The normalized spacial score (nSPS) is 24.1. The summed E-state index contributed by atoms with van der Waals surface area (Å²) in [6.07, 6.45) is 3.99. The van der Waals surface area contributed by atoms with Crippen molar-refractivity contribution in [2.45, 2.75) is 51.8 Å². The number of hydrogen-bond donors (Lipinski definition) is 1. The monoisotopic (exact) mass is 509 g/mol. The molecule has 4 heterocycles. The fourth-order valence-corrected chi connectivity index (χ4v) is 6.54. The van der Waals surface area contributed by atoms with Gasteiger partial charge in [0.15, 0.2) is 5.03 Å². The van der Waals surface area contributed by atoms with E-state index in [4.69, 9.17) is 9.47 Å². The molecule has 1 saturated heterocycles. The minimum atomic E-state index is -1.30. The van der Waals surface area contributed by atoms with Gasteiger partial charge in [0.05, 0.1) is 39.2 Å². The molecule has 34 heavy (non-hydrogen) atoms. The molecule has 184 valence electrons. The van der Waals surface area contributed by atoms with Crippen LogP contribution in [0, 0.1) is 17.3 Å². The van der Waals surface area contributed by atoms with Gasteiger partial charge in [0.1, 0.15) is 16.9 Å². The maximum absolute atomic E-state index is 13.2. The Bertz CT molecular complexity index is 1240. The zero-order valence-electron chi connectivity index (χ0n) is 19.7. The number of carbonyl (C=O) groups is 3. The first kappa shape index (κ1) is 24.6. The second-order valence-corrected chi connectivity index (χ2v) is 11.9. The van der Waals surface area contributed by atoms with Gasteiger partial charge in [0, 0.05) is 23.9 Å². The van der Waals surface area contributed by atoms with Gasteiger partial charge in [-0.1, -0.05) is 6.92 Å². The molecule has 2 aromatic rings. The first-order valence-corrected chi connectivity index (χ1v) is 13.1. The molecular weight excluding hydrogens is 482 g/mol. The zero-order valence-corrected chi connectivity index (χ0v) is 21.4. The van der Waals surface area contributed by atoms with E-state index < -0.39 is 53.0 Å². The van der Waals surface area contributed by atoms with Gasteiger partial charge in [0.2, 0.25) is 12.7 Å². The molecule has 12 heteroatoms. The van der Waals surface area contributed by atoms with Crippen molar-refractivity contribution >= 4 is 50.4 Å². The molecule has 0 spiro atoms. The second-order valence-electron chi connectivity index (χ2n) is 9.56. The van der Waals surface area contributed by atoms with Crippen LogP contribution < -0.4 is 0 Å². The lowest BCUT2D eigenvalue weighted by Gasteiger charge is -2.46. The van der Waals surface area contributed by atoms with Gasteiger partial charge >= 0.3 is 11.9 Å². The molecule has 1 amide bonds. The number of fused-ring (bicyclic) bond motifs is 2. The third-order valence-corrected chi connectivity index (χ3v) is 8.19. The molecule has 4 rings (SSSR count). The van der Waals surface area contributed by atoms with Crippen LogP contribution in [-0.2, 0) is 34.7 Å². The Labute approximate surface area is 203 Å². The maximum atomic E-state index is 13.2. The Morgan fingerprint density at radius 2 is 2.00 bits per heavy atom. The van der Waals surface area contributed by atoms with E-state index in [2.05, 4.69) is 4.98 Å². The molecule has 1 N–H and O–H groups in total. The SMILES string of the molecule is C[C@@H](O)[C@H]1C(=O)N2C(C(=O)OCOC(=O)C(C)(C)C)=C(c3cn4cnc(S(C)=O)c4s3)[C@H](C)[C@H]12. The number of aliphatic hydroxyl groups excluding tert-OH is 1. The molecule has 1 fully saturated rings. The Morgan fingerprint density at radius 1 is 1.32 bits per heavy atom. The van der Waals surface area contributed by atoms with Crippen molar-refractivity contribution in [1.82, 2.24) is 14.3 Å². The van der Waals surface area contributed by atoms with Crippen molar-refractivity contribution in [3.8, 4) is 0 Å². The third-order valence-electron chi connectivity index (χ3n) is 6.08. The smallest absolute Gasteiger partial charge is 0.358 e. The second kappa shape index (κ2) is 8.58. The Morgan fingerprint density at radius 3 is 2.59 bits per heavy atom. The van der Waals surface area contributed by atoms with E-state index in [-0.39, 0.29) is 17.5 Å². The zero-order chi connectivity index (χ0) is 25.1. The summed E-state index contributed by atoms with van der Waals surface area (Å²) in [5.41, 5.74) is -0.0935. The highest BCUT2D eigenvalue weighted by atomic mass is 32.2. The summed E-state index contributed by atoms with van der Waals surface area (Å²) in [5, 5.41) is 10.6. The van der Waals surface area contributed by atoms with Crippen molar-refractivity contribution in [3.63, 3.8) is 0 Å². The summed E-state index contributed by atoms with van der Waals surface area (Å²) in [6, 6.07) is -0.401. The fraction of sp³-hybridized carbons (Fsp3) is 0.545. The van der Waals surface area contributed by atoms with Crippen LogP contribution in [0.2, 0.25) is 0 Å². The van der Waals surface area contributed by atoms with Crippen LogP contribution in [0.5, 0.6) is 0 Å². The standard InChI is InChI=1S/C22H27N3O7S2/c1-10-13(12-7-24-8-23-17(34(6)30)19(24)33-12)16(25-15(10)14(11(2)26)18(25)27)20(28)31-9-32-21(29)22(3,4)5/h7-8,10-11,14-15,26H,9H2,1-6H3/t10-,11+,14+,15+,34?/m0/s1. The molecule has 2 aromatic heterocycles. The molecule has 0 saturated carbocycles. The molecule has 0 radical (unpaired) electrons. The van der Waals surface area contributed by atoms with E-state index in [0.717, 1.165) is 0 Å². The number of β-lactam (4-membered cyclic amide) rings is 1. The van der Waals surface area contributed by atoms with E-state index >= 15 is 0 Å². The number of amides is 1. The highest BCUT2D eigenvalue weighted by Gasteiger charge is 2.60. The lowest BCUT2D eigenvalue weighted by Crippen LogP contribution is -2.63. The van der Waals surface area contributed by atoms with Crippen LogP contribution in [0.3, 0.4) is 0 Å². The molecule has 0 aromatic carbocycles. The molecular formula is C22H27N3O7S2. The van der Waals surface area contributed by atoms with E-state index in [1.807, 2.05) is 6.92 Å². The first-order valence-electron chi connectivity index (χ1n) is 10.7. The molecule has 5 atom stereocenters. The topological polar surface area (TPSA) is 128 Å². The number of carbonyl (C=O) groups excluding carboxylic acids is 3. The molecule has 0 bridgehead atoms. The van der Waals surface area contributed by atoms with Gasteiger partial charge in [0.25, 0.3) is 0 Å². The number of aromatic nitrogens is 2. The summed E-state index contributed by atoms with van der Waals surface area (Å²) in [5.74, 6) is -2.59. The van der Waals surface area contributed by atoms with Gasteiger partial charge in [-0.25, -0.2) is 9.78 Å². The van der Waals surface area contributed by atoms with Crippen LogP contribution in [0.25, 0.3) is 10.4 Å². The van der Waals surface area contributed by atoms with Gasteiger partial charge < -0.3 is 19.5 Å². The molecule has 2 aliphatic heterocycles. The van der Waals surface area contributed by atoms with Crippen molar-refractivity contribution < 1.29 is 33.2 Å². The van der Waals surface area contributed by atoms with Gasteiger partial charge in [-0.05, 0) is 27.7 Å². The number of aliphatic hydroxyl groups is 1. The van der Waals surface area contributed by atoms with Crippen molar-refractivity contribution in [2.24, 2.45) is 17.3 Å². The highest BCUT2D eigenvalue weighted by Crippen LogP contribution is 2.51. The van der Waals surface area contributed by atoms with Crippen LogP contribution in [0.4, 0.5) is 0 Å². The average Bonchev–Trinajstić information content (AvgIpc) is 3.36. The predicted molar refractivity (Wildman–Crippen MR) is 124 cm³/mol. The number of esters is 2. The number of imidazole rings is 1. The van der Waals surface area contributed by atoms with Crippen molar-refractivity contribution in [3.05, 3.63) is 23.1 Å². The summed E-state index contributed by atoms with van der Waals surface area (Å²) < 4.78 is 24.1. The van der Waals surface area contributed by atoms with Crippen molar-refractivity contribution in [2.75, 3.05) is 13.0 Å². The number of hydrogen-bond acceptors (Lipinski definition) is 9. The van der Waals surface area contributed by atoms with Crippen LogP contribution in [-0.4, -0.2) is 66.6 Å². The van der Waals surface area contributed by atoms with Gasteiger partial charge in [-0.15, -0.1) is 11.3 Å². The van der Waals surface area contributed by atoms with Crippen LogP contribution in [0.15, 0.2) is 23.2 Å². The minimum absolute atomic E-state index is 0.0721. The van der Waals surface area contributed by atoms with Crippen LogP contribution in [0.1, 0.15) is 39.5 Å². The highest BCUT2D eigenvalue weighted by molar-refractivity contribution is 7.84. The Kier molecular flexibility index (Phi) is 6.19. The predicted octanol–water partition coefficient (Wildman–Crippen LogP) is 1.79. The minimum Gasteiger partial charge on any atom is -0.427 e. The summed E-state index contributed by atoms with van der Waals surface area (Å²) in [7, 11) is -1.30. The molecule has 10 nitrogen and oxygen atoms in total. The van der Waals surface area contributed by atoms with Gasteiger partial charge in [-0.2, -0.15) is 0 Å². The molecule has 1 unspecified atom stereocenters. The first-order chi connectivity index (χ1) is 15.8. The van der Waals surface area contributed by atoms with Crippen LogP contribution >= 0.6 is 11.3 Å².